The van der Waals surface area contributed by atoms with Gasteiger partial charge in [0, 0.05) is 13.3 Å². The molecule has 1 heterocycles. The summed E-state index contributed by atoms with van der Waals surface area (Å²) in [5, 5.41) is 43.7. The minimum absolute atomic E-state index is 0.0802. The average Bonchev–Trinajstić information content (AvgIpc) is 2.72. The lowest BCUT2D eigenvalue weighted by Crippen LogP contribution is -2.60. The highest BCUT2D eigenvalue weighted by molar-refractivity contribution is 5.96. The van der Waals surface area contributed by atoms with Gasteiger partial charge in [-0.15, -0.1) is 0 Å². The quantitative estimate of drug-likeness (QED) is 0.111. The van der Waals surface area contributed by atoms with E-state index >= 15 is 0 Å². The highest BCUT2D eigenvalue weighted by Gasteiger charge is 2.43. The molecule has 0 fully saturated rings. The average molecular weight is 485 g/mol. The van der Waals surface area contributed by atoms with Crippen LogP contribution in [0, 0.1) is 5.92 Å². The first-order valence-corrected chi connectivity index (χ1v) is 11.0. The molecule has 34 heavy (non-hydrogen) atoms. The normalized spacial score (nSPS) is 23.0. The number of guanidine groups is 1. The number of ether oxygens (including phenoxy) is 1. The predicted molar refractivity (Wildman–Crippen MR) is 123 cm³/mol. The van der Waals surface area contributed by atoms with Crippen molar-refractivity contribution in [3.8, 4) is 0 Å². The number of rotatable bonds is 11. The lowest BCUT2D eigenvalue weighted by atomic mass is 9.92. The molecule has 6 atom stereocenters. The molecule has 0 saturated carbocycles. The fraction of sp³-hybridized carbons (Fsp3) is 0.636. The number of carboxylic acids is 1. The van der Waals surface area contributed by atoms with E-state index in [-0.39, 0.29) is 24.2 Å². The fourth-order valence-corrected chi connectivity index (χ4v) is 3.42. The molecule has 1 rings (SSSR count). The standard InChI is InChI=1S/C22H36N4O8/c1-11(2)6-5-7-12(3)8-17(30)26-22(23)25-14-9-16(21(32)33)34-20(18(14)24-13(4)28)19(31)15(29)10-27/h6,9,12,14-15,18-20,27,29,31H,5,7-8,10H2,1-4H3,(H,24,28)(H,32,33)(H3,23,25,26,30)/t12?,14-,15+,18+,19+,20+/m0/s1. The molecule has 12 heteroatoms. The summed E-state index contributed by atoms with van der Waals surface area (Å²) < 4.78 is 5.27. The molecule has 0 saturated heterocycles. The molecule has 0 radical (unpaired) electrons. The van der Waals surface area contributed by atoms with Crippen LogP contribution in [0.25, 0.3) is 0 Å². The number of hydrogen-bond donors (Lipinski definition) is 7. The SMILES string of the molecule is CC(=O)N[C@H]1[C@H]([C@H](O)[C@H](O)CO)OC(C(=O)O)=C[C@@H]1N=C(N)NC(=O)CC(C)CCC=C(C)C. The molecule has 0 aromatic rings. The molecule has 192 valence electrons. The first kappa shape index (κ1) is 29.1. The number of aliphatic hydroxyl groups excluding tert-OH is 3. The van der Waals surface area contributed by atoms with Crippen molar-refractivity contribution < 1.29 is 39.5 Å². The van der Waals surface area contributed by atoms with Crippen molar-refractivity contribution in [1.82, 2.24) is 10.6 Å². The Morgan fingerprint density at radius 3 is 2.44 bits per heavy atom. The van der Waals surface area contributed by atoms with Crippen LogP contribution < -0.4 is 16.4 Å². The van der Waals surface area contributed by atoms with Crippen LogP contribution >= 0.6 is 0 Å². The molecule has 1 aliphatic heterocycles. The van der Waals surface area contributed by atoms with Gasteiger partial charge < -0.3 is 36.2 Å². The summed E-state index contributed by atoms with van der Waals surface area (Å²) in [4.78, 5) is 39.7. The van der Waals surface area contributed by atoms with E-state index in [0.29, 0.717) is 0 Å². The lowest BCUT2D eigenvalue weighted by Gasteiger charge is -2.38. The highest BCUT2D eigenvalue weighted by Crippen LogP contribution is 2.25. The van der Waals surface area contributed by atoms with Crippen molar-refractivity contribution in [3.63, 3.8) is 0 Å². The van der Waals surface area contributed by atoms with Crippen molar-refractivity contribution >= 4 is 23.7 Å². The maximum atomic E-state index is 12.3. The Kier molecular flexibility index (Phi) is 11.7. The summed E-state index contributed by atoms with van der Waals surface area (Å²) in [5.74, 6) is -3.26. The van der Waals surface area contributed by atoms with Crippen LogP contribution in [0.5, 0.6) is 0 Å². The van der Waals surface area contributed by atoms with E-state index in [0.717, 1.165) is 18.9 Å². The van der Waals surface area contributed by atoms with Crippen molar-refractivity contribution in [3.05, 3.63) is 23.5 Å². The zero-order valence-corrected chi connectivity index (χ0v) is 19.9. The second-order valence-electron chi connectivity index (χ2n) is 8.61. The van der Waals surface area contributed by atoms with Crippen molar-refractivity contribution in [1.29, 1.82) is 0 Å². The van der Waals surface area contributed by atoms with Crippen LogP contribution in [0.1, 0.15) is 47.0 Å². The van der Waals surface area contributed by atoms with Gasteiger partial charge in [-0.05, 0) is 38.7 Å². The molecule has 12 nitrogen and oxygen atoms in total. The Labute approximate surface area is 198 Å². The van der Waals surface area contributed by atoms with E-state index in [1.807, 2.05) is 20.8 Å². The van der Waals surface area contributed by atoms with Gasteiger partial charge in [0.05, 0.1) is 18.7 Å². The number of aliphatic carboxylic acids is 1. The molecular weight excluding hydrogens is 448 g/mol. The van der Waals surface area contributed by atoms with Crippen molar-refractivity contribution in [2.45, 2.75) is 77.4 Å². The molecule has 1 unspecified atom stereocenters. The number of allylic oxidation sites excluding steroid dienone is 2. The Balaban J connectivity index is 3.07. The molecule has 0 spiro atoms. The summed E-state index contributed by atoms with van der Waals surface area (Å²) in [6.07, 6.45) is 0.0697. The molecule has 0 aromatic carbocycles. The minimum Gasteiger partial charge on any atom is -0.478 e. The van der Waals surface area contributed by atoms with Gasteiger partial charge in [0.1, 0.15) is 18.3 Å². The van der Waals surface area contributed by atoms with Crippen LogP contribution in [-0.2, 0) is 19.1 Å². The minimum atomic E-state index is -1.76. The van der Waals surface area contributed by atoms with Gasteiger partial charge >= 0.3 is 5.97 Å². The largest absolute Gasteiger partial charge is 0.478 e. The first-order valence-electron chi connectivity index (χ1n) is 11.0. The third-order valence-electron chi connectivity index (χ3n) is 5.11. The number of carbonyl (C=O) groups is 3. The maximum absolute atomic E-state index is 12.3. The summed E-state index contributed by atoms with van der Waals surface area (Å²) >= 11 is 0. The summed E-state index contributed by atoms with van der Waals surface area (Å²) in [6, 6.07) is -2.32. The third-order valence-corrected chi connectivity index (χ3v) is 5.11. The number of carbonyl (C=O) groups excluding carboxylic acids is 2. The summed E-state index contributed by atoms with van der Waals surface area (Å²) in [7, 11) is 0. The van der Waals surface area contributed by atoms with E-state index in [4.69, 9.17) is 15.6 Å². The topological polar surface area (TPSA) is 204 Å². The Bertz CT molecular complexity index is 822. The number of hydrogen-bond acceptors (Lipinski definition) is 8. The Morgan fingerprint density at radius 2 is 1.91 bits per heavy atom. The second kappa shape index (κ2) is 13.7. The smallest absolute Gasteiger partial charge is 0.370 e. The van der Waals surface area contributed by atoms with Crippen LogP contribution in [0.4, 0.5) is 0 Å². The zero-order valence-electron chi connectivity index (χ0n) is 19.9. The van der Waals surface area contributed by atoms with Gasteiger partial charge in [-0.3, -0.25) is 14.9 Å². The van der Waals surface area contributed by atoms with Gasteiger partial charge in [0.2, 0.25) is 17.6 Å². The highest BCUT2D eigenvalue weighted by atomic mass is 16.5. The monoisotopic (exact) mass is 484 g/mol. The van der Waals surface area contributed by atoms with Gasteiger partial charge in [-0.1, -0.05) is 18.6 Å². The number of nitrogens with one attached hydrogen (secondary N) is 2. The molecule has 0 aliphatic carbocycles. The van der Waals surface area contributed by atoms with Crippen LogP contribution in [0.15, 0.2) is 28.5 Å². The zero-order chi connectivity index (χ0) is 26.0. The lowest BCUT2D eigenvalue weighted by molar-refractivity contribution is -0.145. The molecule has 2 amide bonds. The maximum Gasteiger partial charge on any atom is 0.370 e. The van der Waals surface area contributed by atoms with E-state index in [1.54, 1.807) is 0 Å². The Hall–Kier alpha value is -2.96. The second-order valence-corrected chi connectivity index (χ2v) is 8.61. The molecule has 0 aromatic heterocycles. The number of carboxylic acid groups (broad SMARTS) is 1. The third kappa shape index (κ3) is 9.49. The molecule has 8 N–H and O–H groups in total. The van der Waals surface area contributed by atoms with Crippen LogP contribution in [0.2, 0.25) is 0 Å². The van der Waals surface area contributed by atoms with E-state index in [2.05, 4.69) is 21.7 Å². The van der Waals surface area contributed by atoms with Crippen LogP contribution in [-0.4, -0.2) is 81.2 Å². The number of nitrogens with two attached hydrogens (primary N) is 1. The van der Waals surface area contributed by atoms with Crippen molar-refractivity contribution in [2.75, 3.05) is 6.61 Å². The summed E-state index contributed by atoms with van der Waals surface area (Å²) in [6.45, 7) is 6.27. The van der Waals surface area contributed by atoms with Gasteiger partial charge in [0.25, 0.3) is 0 Å². The van der Waals surface area contributed by atoms with E-state index in [9.17, 15) is 29.7 Å². The molecule has 1 aliphatic rings. The molecule has 0 bridgehead atoms. The van der Waals surface area contributed by atoms with Gasteiger partial charge in [0.15, 0.2) is 5.96 Å². The van der Waals surface area contributed by atoms with Gasteiger partial charge in [-0.2, -0.15) is 0 Å². The van der Waals surface area contributed by atoms with Crippen molar-refractivity contribution in [2.24, 2.45) is 16.6 Å². The number of amides is 2. The number of aliphatic hydroxyl groups is 3. The number of aliphatic imine (C=N–C) groups is 1. The summed E-state index contributed by atoms with van der Waals surface area (Å²) in [5.41, 5.74) is 7.07. The fourth-order valence-electron chi connectivity index (χ4n) is 3.42. The predicted octanol–water partition coefficient (Wildman–Crippen LogP) is -0.855. The Morgan fingerprint density at radius 1 is 1.26 bits per heavy atom. The van der Waals surface area contributed by atoms with Gasteiger partial charge in [-0.25, -0.2) is 9.79 Å². The van der Waals surface area contributed by atoms with E-state index in [1.165, 1.54) is 12.5 Å². The van der Waals surface area contributed by atoms with Crippen LogP contribution in [0.3, 0.4) is 0 Å². The van der Waals surface area contributed by atoms with E-state index < -0.39 is 54.6 Å². The molecular formula is C22H36N4O8. The first-order chi connectivity index (χ1) is 15.8. The number of nitrogens with zero attached hydrogens (tertiary/aromatic N) is 1.